The SMILES string of the molecule is O=C1CCCc2cc(/C=C/C(=O)N3CCC(=Cc4nccs4)CC3)cnc2N1. The number of nitrogens with zero attached hydrogens (tertiary/aromatic N) is 3. The topological polar surface area (TPSA) is 75.2 Å². The lowest BCUT2D eigenvalue weighted by molar-refractivity contribution is -0.126. The number of carbonyl (C=O) groups excluding carboxylic acids is 2. The minimum absolute atomic E-state index is 0.0121. The molecule has 0 spiro atoms. The highest BCUT2D eigenvalue weighted by molar-refractivity contribution is 7.10. The molecule has 2 aliphatic heterocycles. The second-order valence-electron chi connectivity index (χ2n) is 7.01. The van der Waals surface area contributed by atoms with E-state index in [1.165, 1.54) is 5.57 Å². The molecule has 0 bridgehead atoms. The number of likely N-dealkylation sites (tertiary alicyclic amines) is 1. The monoisotopic (exact) mass is 394 g/mol. The molecule has 7 heteroatoms. The van der Waals surface area contributed by atoms with Crippen molar-refractivity contribution in [2.75, 3.05) is 18.4 Å². The lowest BCUT2D eigenvalue weighted by atomic mass is 10.0. The molecule has 0 radical (unpaired) electrons. The predicted octanol–water partition coefficient (Wildman–Crippen LogP) is 3.53. The van der Waals surface area contributed by atoms with Crippen LogP contribution in [0.5, 0.6) is 0 Å². The molecule has 2 aromatic rings. The molecule has 2 aromatic heterocycles. The minimum Gasteiger partial charge on any atom is -0.339 e. The van der Waals surface area contributed by atoms with Crippen LogP contribution in [0.15, 0.2) is 35.5 Å². The normalized spacial score (nSPS) is 17.2. The Morgan fingerprint density at radius 3 is 2.82 bits per heavy atom. The largest absolute Gasteiger partial charge is 0.339 e. The molecule has 4 rings (SSSR count). The number of aromatic nitrogens is 2. The Hall–Kier alpha value is -2.80. The van der Waals surface area contributed by atoms with Gasteiger partial charge in [0.2, 0.25) is 11.8 Å². The quantitative estimate of drug-likeness (QED) is 0.808. The van der Waals surface area contributed by atoms with Crippen LogP contribution >= 0.6 is 11.3 Å². The van der Waals surface area contributed by atoms with Crippen molar-refractivity contribution in [3.8, 4) is 0 Å². The number of hydrogen-bond donors (Lipinski definition) is 1. The summed E-state index contributed by atoms with van der Waals surface area (Å²) < 4.78 is 0. The lowest BCUT2D eigenvalue weighted by Crippen LogP contribution is -2.35. The van der Waals surface area contributed by atoms with Gasteiger partial charge in [-0.3, -0.25) is 9.59 Å². The second kappa shape index (κ2) is 8.48. The molecule has 144 valence electrons. The van der Waals surface area contributed by atoms with Crippen LogP contribution in [0.1, 0.15) is 41.8 Å². The van der Waals surface area contributed by atoms with Gasteiger partial charge in [-0.1, -0.05) is 5.57 Å². The van der Waals surface area contributed by atoms with Gasteiger partial charge in [0.1, 0.15) is 10.8 Å². The van der Waals surface area contributed by atoms with E-state index in [-0.39, 0.29) is 11.8 Å². The summed E-state index contributed by atoms with van der Waals surface area (Å²) in [5.41, 5.74) is 3.25. The van der Waals surface area contributed by atoms with Gasteiger partial charge in [0.05, 0.1) is 0 Å². The van der Waals surface area contributed by atoms with Crippen molar-refractivity contribution in [2.24, 2.45) is 0 Å². The molecule has 0 aliphatic carbocycles. The van der Waals surface area contributed by atoms with Gasteiger partial charge in [0.15, 0.2) is 0 Å². The van der Waals surface area contributed by atoms with Crippen molar-refractivity contribution < 1.29 is 9.59 Å². The van der Waals surface area contributed by atoms with Crippen molar-refractivity contribution in [1.29, 1.82) is 0 Å². The number of rotatable bonds is 3. The lowest BCUT2D eigenvalue weighted by Gasteiger charge is -2.27. The van der Waals surface area contributed by atoms with Crippen molar-refractivity contribution in [1.82, 2.24) is 14.9 Å². The predicted molar refractivity (Wildman–Crippen MR) is 111 cm³/mol. The van der Waals surface area contributed by atoms with Gasteiger partial charge >= 0.3 is 0 Å². The Morgan fingerprint density at radius 2 is 2.04 bits per heavy atom. The third kappa shape index (κ3) is 4.54. The summed E-state index contributed by atoms with van der Waals surface area (Å²) in [6.07, 6.45) is 13.0. The molecule has 1 fully saturated rings. The summed E-state index contributed by atoms with van der Waals surface area (Å²) in [5.74, 6) is 0.677. The summed E-state index contributed by atoms with van der Waals surface area (Å²) >= 11 is 1.63. The first-order valence-corrected chi connectivity index (χ1v) is 10.4. The smallest absolute Gasteiger partial charge is 0.246 e. The third-order valence-electron chi connectivity index (χ3n) is 5.01. The number of piperidine rings is 1. The van der Waals surface area contributed by atoms with E-state index >= 15 is 0 Å². The molecule has 0 atom stereocenters. The summed E-state index contributed by atoms with van der Waals surface area (Å²) in [7, 11) is 0. The van der Waals surface area contributed by atoms with E-state index in [9.17, 15) is 9.59 Å². The van der Waals surface area contributed by atoms with Crippen LogP contribution in [0.3, 0.4) is 0 Å². The number of aryl methyl sites for hydroxylation is 1. The van der Waals surface area contributed by atoms with Gasteiger partial charge in [-0.2, -0.15) is 0 Å². The molecule has 2 amide bonds. The van der Waals surface area contributed by atoms with E-state index in [1.807, 2.05) is 28.6 Å². The summed E-state index contributed by atoms with van der Waals surface area (Å²) in [4.78, 5) is 34.6. The summed E-state index contributed by atoms with van der Waals surface area (Å²) in [6.45, 7) is 1.46. The zero-order valence-corrected chi connectivity index (χ0v) is 16.4. The molecule has 0 unspecified atom stereocenters. The fraction of sp³-hybridized carbons (Fsp3) is 0.333. The van der Waals surface area contributed by atoms with Crippen LogP contribution in [0, 0.1) is 0 Å². The number of amides is 2. The molecule has 2 aliphatic rings. The standard InChI is InChI=1S/C21H22N4O2S/c26-18-3-1-2-17-12-16(14-23-21(17)24-18)4-5-20(27)25-9-6-15(7-10-25)13-19-22-8-11-28-19/h4-5,8,11-14H,1-3,6-7,9-10H2,(H,23,24,26)/b5-4+. The van der Waals surface area contributed by atoms with Crippen molar-refractivity contribution >= 4 is 41.1 Å². The van der Waals surface area contributed by atoms with Crippen LogP contribution in [0.25, 0.3) is 12.2 Å². The highest BCUT2D eigenvalue weighted by atomic mass is 32.1. The van der Waals surface area contributed by atoms with Crippen LogP contribution in [-0.4, -0.2) is 39.8 Å². The molecule has 0 aromatic carbocycles. The Bertz CT molecular complexity index is 924. The van der Waals surface area contributed by atoms with E-state index in [0.717, 1.165) is 54.9 Å². The van der Waals surface area contributed by atoms with Gasteiger partial charge in [0.25, 0.3) is 0 Å². The maximum Gasteiger partial charge on any atom is 0.246 e. The van der Waals surface area contributed by atoms with Gasteiger partial charge < -0.3 is 10.2 Å². The number of carbonyl (C=O) groups is 2. The molecule has 1 saturated heterocycles. The number of nitrogens with one attached hydrogen (secondary N) is 1. The van der Waals surface area contributed by atoms with Gasteiger partial charge in [-0.15, -0.1) is 11.3 Å². The minimum atomic E-state index is 0.0121. The second-order valence-corrected chi connectivity index (χ2v) is 7.94. The van der Waals surface area contributed by atoms with Crippen LogP contribution < -0.4 is 5.32 Å². The molecule has 1 N–H and O–H groups in total. The van der Waals surface area contributed by atoms with Gasteiger partial charge in [0, 0.05) is 43.4 Å². The fourth-order valence-electron chi connectivity index (χ4n) is 3.47. The average Bonchev–Trinajstić information content (AvgIpc) is 3.14. The van der Waals surface area contributed by atoms with Crippen LogP contribution in [-0.2, 0) is 16.0 Å². The van der Waals surface area contributed by atoms with Gasteiger partial charge in [-0.05, 0) is 55.0 Å². The maximum absolute atomic E-state index is 12.5. The zero-order valence-electron chi connectivity index (χ0n) is 15.6. The Morgan fingerprint density at radius 1 is 1.18 bits per heavy atom. The van der Waals surface area contributed by atoms with Crippen molar-refractivity contribution in [3.05, 3.63) is 51.6 Å². The molecule has 0 saturated carbocycles. The Labute approximate surface area is 168 Å². The Kier molecular flexibility index (Phi) is 5.62. The number of anilines is 1. The maximum atomic E-state index is 12.5. The molecule has 6 nitrogen and oxygen atoms in total. The summed E-state index contributed by atoms with van der Waals surface area (Å²) in [5, 5.41) is 5.83. The van der Waals surface area contributed by atoms with E-state index < -0.39 is 0 Å². The van der Waals surface area contributed by atoms with Crippen molar-refractivity contribution in [2.45, 2.75) is 32.1 Å². The van der Waals surface area contributed by atoms with E-state index in [0.29, 0.717) is 12.2 Å². The van der Waals surface area contributed by atoms with Crippen molar-refractivity contribution in [3.63, 3.8) is 0 Å². The number of pyridine rings is 1. The molecular weight excluding hydrogens is 372 g/mol. The molecule has 28 heavy (non-hydrogen) atoms. The first kappa shape index (κ1) is 18.6. The molecular formula is C21H22N4O2S. The first-order valence-electron chi connectivity index (χ1n) is 9.52. The van der Waals surface area contributed by atoms with Gasteiger partial charge in [-0.25, -0.2) is 9.97 Å². The van der Waals surface area contributed by atoms with Crippen LogP contribution in [0.4, 0.5) is 5.82 Å². The summed E-state index contributed by atoms with van der Waals surface area (Å²) in [6, 6.07) is 2.00. The number of fused-ring (bicyclic) bond motifs is 1. The van der Waals surface area contributed by atoms with E-state index in [2.05, 4.69) is 21.4 Å². The van der Waals surface area contributed by atoms with E-state index in [4.69, 9.17) is 0 Å². The Balaban J connectivity index is 1.36. The van der Waals surface area contributed by atoms with E-state index in [1.54, 1.807) is 23.6 Å². The highest BCUT2D eigenvalue weighted by Gasteiger charge is 2.18. The number of thiazole rings is 1. The van der Waals surface area contributed by atoms with Crippen LogP contribution in [0.2, 0.25) is 0 Å². The number of hydrogen-bond acceptors (Lipinski definition) is 5. The highest BCUT2D eigenvalue weighted by Crippen LogP contribution is 2.22. The fourth-order valence-corrected chi connectivity index (χ4v) is 4.09. The average molecular weight is 395 g/mol. The zero-order chi connectivity index (χ0) is 19.3. The first-order chi connectivity index (χ1) is 13.7. The third-order valence-corrected chi connectivity index (χ3v) is 5.73. The molecule has 4 heterocycles.